The number of ether oxygens (including phenoxy) is 1. The van der Waals surface area contributed by atoms with Gasteiger partial charge in [0.15, 0.2) is 11.5 Å². The molecular weight excluding hydrogens is 422 g/mol. The number of carbonyl (C=O) groups is 2. The van der Waals surface area contributed by atoms with Gasteiger partial charge >= 0.3 is 0 Å². The fraction of sp³-hybridized carbons (Fsp3) is 0.280. The van der Waals surface area contributed by atoms with Gasteiger partial charge in [0.05, 0.1) is 30.0 Å². The van der Waals surface area contributed by atoms with E-state index in [0.717, 1.165) is 0 Å². The van der Waals surface area contributed by atoms with Crippen molar-refractivity contribution in [1.29, 1.82) is 0 Å². The molecule has 1 saturated heterocycles. The summed E-state index contributed by atoms with van der Waals surface area (Å²) in [5.41, 5.74) is 2.56. The maximum absolute atomic E-state index is 13.5. The minimum atomic E-state index is -0.128. The Morgan fingerprint density at radius 2 is 1.88 bits per heavy atom. The summed E-state index contributed by atoms with van der Waals surface area (Å²) in [7, 11) is 1.60. The molecule has 0 unspecified atom stereocenters. The molecule has 1 aliphatic rings. The largest absolute Gasteiger partial charge is 0.497 e. The number of fused-ring (bicyclic) bond motifs is 1. The third kappa shape index (κ3) is 3.88. The molecule has 4 aromatic rings. The summed E-state index contributed by atoms with van der Waals surface area (Å²) in [6, 6.07) is 12.4. The second-order valence-corrected chi connectivity index (χ2v) is 8.14. The number of likely N-dealkylation sites (tertiary alicyclic amines) is 1. The fourth-order valence-electron chi connectivity index (χ4n) is 4.32. The minimum absolute atomic E-state index is 0.103. The van der Waals surface area contributed by atoms with Crippen molar-refractivity contribution in [2.75, 3.05) is 20.2 Å². The molecule has 8 nitrogen and oxygen atoms in total. The zero-order valence-electron chi connectivity index (χ0n) is 18.4. The lowest BCUT2D eigenvalue weighted by atomic mass is 9.88. The number of hydrogen-bond donors (Lipinski definition) is 0. The first-order valence-corrected chi connectivity index (χ1v) is 10.8. The highest BCUT2D eigenvalue weighted by Crippen LogP contribution is 2.30. The maximum Gasteiger partial charge on any atom is 0.259 e. The Labute approximate surface area is 190 Å². The van der Waals surface area contributed by atoms with Crippen molar-refractivity contribution >= 4 is 22.8 Å². The molecule has 168 valence electrons. The first kappa shape index (κ1) is 20.9. The zero-order chi connectivity index (χ0) is 22.9. The number of aromatic nitrogens is 2. The van der Waals surface area contributed by atoms with Gasteiger partial charge in [0.2, 0.25) is 0 Å². The Hall–Kier alpha value is -3.94. The molecule has 1 amide bonds. The van der Waals surface area contributed by atoms with E-state index in [2.05, 4.69) is 10.1 Å². The third-order valence-corrected chi connectivity index (χ3v) is 6.15. The lowest BCUT2D eigenvalue weighted by Crippen LogP contribution is -2.40. The first-order valence-electron chi connectivity index (χ1n) is 10.8. The van der Waals surface area contributed by atoms with Crippen LogP contribution in [0.2, 0.25) is 0 Å². The summed E-state index contributed by atoms with van der Waals surface area (Å²) < 4.78 is 16.0. The number of pyridine rings is 1. The van der Waals surface area contributed by atoms with Gasteiger partial charge in [0.1, 0.15) is 11.4 Å². The molecule has 3 aromatic heterocycles. The average molecular weight is 445 g/mol. The number of nitrogens with zero attached hydrogens (tertiary/aromatic N) is 3. The number of methoxy groups -OCH3 is 1. The smallest absolute Gasteiger partial charge is 0.259 e. The van der Waals surface area contributed by atoms with Gasteiger partial charge in [0, 0.05) is 24.6 Å². The van der Waals surface area contributed by atoms with Gasteiger partial charge in [-0.2, -0.15) is 0 Å². The number of rotatable bonds is 5. The van der Waals surface area contributed by atoms with E-state index in [1.807, 2.05) is 0 Å². The van der Waals surface area contributed by atoms with E-state index in [-0.39, 0.29) is 17.6 Å². The van der Waals surface area contributed by atoms with E-state index in [0.29, 0.717) is 71.1 Å². The number of carbonyl (C=O) groups excluding carboxylic acids is 2. The summed E-state index contributed by atoms with van der Waals surface area (Å²) in [5, 5.41) is 4.60. The van der Waals surface area contributed by atoms with Crippen molar-refractivity contribution in [1.82, 2.24) is 15.0 Å². The Kier molecular flexibility index (Phi) is 5.42. The van der Waals surface area contributed by atoms with Crippen LogP contribution in [0.15, 0.2) is 57.7 Å². The van der Waals surface area contributed by atoms with Gasteiger partial charge < -0.3 is 18.6 Å². The molecule has 0 aliphatic carbocycles. The van der Waals surface area contributed by atoms with Crippen molar-refractivity contribution in [3.8, 4) is 17.2 Å². The predicted octanol–water partition coefficient (Wildman–Crippen LogP) is 4.53. The highest BCUT2D eigenvalue weighted by atomic mass is 16.5. The van der Waals surface area contributed by atoms with E-state index >= 15 is 0 Å². The lowest BCUT2D eigenvalue weighted by molar-refractivity contribution is 0.0652. The van der Waals surface area contributed by atoms with Crippen molar-refractivity contribution in [3.05, 3.63) is 65.5 Å². The summed E-state index contributed by atoms with van der Waals surface area (Å²) in [6.45, 7) is 2.78. The highest BCUT2D eigenvalue weighted by Gasteiger charge is 2.30. The zero-order valence-corrected chi connectivity index (χ0v) is 18.4. The number of aryl methyl sites for hydroxylation is 1. The van der Waals surface area contributed by atoms with E-state index in [1.54, 1.807) is 67.7 Å². The van der Waals surface area contributed by atoms with E-state index in [9.17, 15) is 9.59 Å². The Balaban J connectivity index is 1.35. The van der Waals surface area contributed by atoms with Crippen molar-refractivity contribution < 1.29 is 23.3 Å². The van der Waals surface area contributed by atoms with Crippen LogP contribution in [0.4, 0.5) is 0 Å². The fourth-order valence-corrected chi connectivity index (χ4v) is 4.32. The van der Waals surface area contributed by atoms with Gasteiger partial charge in [-0.15, -0.1) is 0 Å². The quantitative estimate of drug-likeness (QED) is 0.416. The van der Waals surface area contributed by atoms with E-state index in [4.69, 9.17) is 13.7 Å². The minimum Gasteiger partial charge on any atom is -0.497 e. The molecule has 1 aliphatic heterocycles. The third-order valence-electron chi connectivity index (χ3n) is 6.15. The van der Waals surface area contributed by atoms with Crippen LogP contribution in [0, 0.1) is 12.8 Å². The second-order valence-electron chi connectivity index (χ2n) is 8.14. The number of Topliss-reactive ketones (excluding diaryl/α,β-unsaturated/α-hetero) is 1. The molecule has 8 heteroatoms. The average Bonchev–Trinajstić information content (AvgIpc) is 3.53. The van der Waals surface area contributed by atoms with Crippen LogP contribution in [0.3, 0.4) is 0 Å². The number of furan rings is 1. The first-order chi connectivity index (χ1) is 16.0. The molecule has 0 atom stereocenters. The topological polar surface area (TPSA) is 98.7 Å². The molecule has 5 rings (SSSR count). The summed E-state index contributed by atoms with van der Waals surface area (Å²) in [4.78, 5) is 32.7. The van der Waals surface area contributed by atoms with Gasteiger partial charge in [0.25, 0.3) is 11.6 Å². The van der Waals surface area contributed by atoms with Crippen LogP contribution in [0.5, 0.6) is 5.75 Å². The Morgan fingerprint density at radius 3 is 2.55 bits per heavy atom. The molecule has 0 radical (unpaired) electrons. The van der Waals surface area contributed by atoms with Gasteiger partial charge in [-0.05, 0) is 62.2 Å². The molecule has 1 aromatic carbocycles. The molecule has 4 heterocycles. The van der Waals surface area contributed by atoms with Crippen LogP contribution in [0.1, 0.15) is 39.3 Å². The number of piperidine rings is 1. The normalized spacial score (nSPS) is 14.5. The van der Waals surface area contributed by atoms with Crippen LogP contribution in [0.25, 0.3) is 22.6 Å². The molecule has 0 bridgehead atoms. The van der Waals surface area contributed by atoms with Crippen LogP contribution >= 0.6 is 0 Å². The monoisotopic (exact) mass is 445 g/mol. The molecule has 0 saturated carbocycles. The van der Waals surface area contributed by atoms with Crippen LogP contribution in [-0.4, -0.2) is 46.9 Å². The molecule has 0 N–H and O–H groups in total. The standard InChI is InChI=1S/C25H23N3O5/c1-15-22-19(14-20(21-4-3-13-32-21)26-24(22)33-27-15)25(30)28-11-9-17(10-12-28)23(29)16-5-7-18(31-2)8-6-16/h3-8,13-14,17H,9-12H2,1-2H3. The number of amides is 1. The maximum atomic E-state index is 13.5. The summed E-state index contributed by atoms with van der Waals surface area (Å²) in [6.07, 6.45) is 2.77. The number of hydrogen-bond acceptors (Lipinski definition) is 7. The summed E-state index contributed by atoms with van der Waals surface area (Å²) >= 11 is 0. The van der Waals surface area contributed by atoms with E-state index < -0.39 is 0 Å². The molecule has 1 fully saturated rings. The van der Waals surface area contributed by atoms with Gasteiger partial charge in [-0.3, -0.25) is 9.59 Å². The number of benzene rings is 1. The lowest BCUT2D eigenvalue weighted by Gasteiger charge is -2.31. The van der Waals surface area contributed by atoms with E-state index in [1.165, 1.54) is 0 Å². The van der Waals surface area contributed by atoms with Crippen molar-refractivity contribution in [2.45, 2.75) is 19.8 Å². The molecule has 0 spiro atoms. The van der Waals surface area contributed by atoms with Gasteiger partial charge in [-0.25, -0.2) is 4.98 Å². The van der Waals surface area contributed by atoms with Crippen LogP contribution < -0.4 is 4.74 Å². The Morgan fingerprint density at radius 1 is 1.12 bits per heavy atom. The summed E-state index contributed by atoms with van der Waals surface area (Å²) in [5.74, 6) is 1.12. The van der Waals surface area contributed by atoms with Gasteiger partial charge in [-0.1, -0.05) is 5.16 Å². The number of ketones is 1. The molecular formula is C25H23N3O5. The SMILES string of the molecule is COc1ccc(C(=O)C2CCN(C(=O)c3cc(-c4ccco4)nc4onc(C)c34)CC2)cc1. The van der Waals surface area contributed by atoms with Crippen molar-refractivity contribution in [2.24, 2.45) is 5.92 Å². The van der Waals surface area contributed by atoms with Crippen LogP contribution in [-0.2, 0) is 0 Å². The van der Waals surface area contributed by atoms with Crippen molar-refractivity contribution in [3.63, 3.8) is 0 Å². The second kappa shape index (κ2) is 8.54. The predicted molar refractivity (Wildman–Crippen MR) is 120 cm³/mol. The highest BCUT2D eigenvalue weighted by molar-refractivity contribution is 6.07. The molecule has 33 heavy (non-hydrogen) atoms. The Bertz CT molecular complexity index is 1300.